The van der Waals surface area contributed by atoms with Crippen LogP contribution < -0.4 is 10.6 Å². The molecule has 3 heteroatoms. The van der Waals surface area contributed by atoms with Gasteiger partial charge in [-0.25, -0.2) is 0 Å². The Bertz CT molecular complexity index is 147. The van der Waals surface area contributed by atoms with Crippen LogP contribution in [-0.2, 0) is 0 Å². The molecule has 2 aliphatic heterocycles. The Morgan fingerprint density at radius 2 is 2.40 bits per heavy atom. The smallest absolute Gasteiger partial charge is 0.101 e. The molecular weight excluding hydrogens is 126 g/mol. The van der Waals surface area contributed by atoms with Gasteiger partial charge >= 0.3 is 0 Å². The third kappa shape index (κ3) is 1.01. The van der Waals surface area contributed by atoms with Gasteiger partial charge in [0.05, 0.1) is 6.54 Å². The van der Waals surface area contributed by atoms with Crippen molar-refractivity contribution in [3.05, 3.63) is 0 Å². The fraction of sp³-hybridized carbons (Fsp3) is 0.857. The summed E-state index contributed by atoms with van der Waals surface area (Å²) in [4.78, 5) is 4.38. The maximum atomic E-state index is 4.38. The predicted molar refractivity (Wildman–Crippen MR) is 41.3 cm³/mol. The molecule has 1 fully saturated rings. The van der Waals surface area contributed by atoms with E-state index in [0.29, 0.717) is 5.92 Å². The molecule has 2 heterocycles. The zero-order valence-electron chi connectivity index (χ0n) is 6.06. The number of rotatable bonds is 1. The van der Waals surface area contributed by atoms with Gasteiger partial charge in [-0.3, -0.25) is 4.99 Å². The summed E-state index contributed by atoms with van der Waals surface area (Å²) >= 11 is 0. The maximum Gasteiger partial charge on any atom is 0.101 e. The lowest BCUT2D eigenvalue weighted by Crippen LogP contribution is -2.28. The molecule has 0 aliphatic carbocycles. The summed E-state index contributed by atoms with van der Waals surface area (Å²) in [6, 6.07) is 0. The number of aliphatic imine (C=N–C) groups is 1. The first-order chi connectivity index (χ1) is 4.97. The second kappa shape index (κ2) is 2.58. The molecule has 0 aromatic carbocycles. The average Bonchev–Trinajstić information content (AvgIpc) is 2.59. The van der Waals surface area contributed by atoms with Gasteiger partial charge in [-0.2, -0.15) is 0 Å². The topological polar surface area (TPSA) is 36.4 Å². The van der Waals surface area contributed by atoms with E-state index in [9.17, 15) is 0 Å². The minimum atomic E-state index is 0.683. The lowest BCUT2D eigenvalue weighted by atomic mass is 10.1. The summed E-state index contributed by atoms with van der Waals surface area (Å²) < 4.78 is 0. The molecule has 0 saturated carbocycles. The van der Waals surface area contributed by atoms with E-state index < -0.39 is 0 Å². The van der Waals surface area contributed by atoms with Crippen molar-refractivity contribution in [2.45, 2.75) is 6.42 Å². The molecule has 3 nitrogen and oxygen atoms in total. The number of amidine groups is 1. The van der Waals surface area contributed by atoms with Crippen LogP contribution in [-0.4, -0.2) is 32.0 Å². The van der Waals surface area contributed by atoms with Crippen LogP contribution in [0.5, 0.6) is 0 Å². The average molecular weight is 139 g/mol. The van der Waals surface area contributed by atoms with Gasteiger partial charge in [0.15, 0.2) is 0 Å². The molecule has 56 valence electrons. The summed E-state index contributed by atoms with van der Waals surface area (Å²) in [6.45, 7) is 4.30. The Morgan fingerprint density at radius 3 is 3.00 bits per heavy atom. The number of nitrogens with one attached hydrogen (secondary N) is 2. The molecule has 0 spiro atoms. The highest BCUT2D eigenvalue weighted by molar-refractivity contribution is 5.86. The van der Waals surface area contributed by atoms with Gasteiger partial charge in [0.2, 0.25) is 0 Å². The SMILES string of the molecule is C1CNC(C2CCNC2)=N1. The Labute approximate surface area is 60.9 Å². The van der Waals surface area contributed by atoms with E-state index in [1.807, 2.05) is 0 Å². The Balaban J connectivity index is 1.97. The van der Waals surface area contributed by atoms with Gasteiger partial charge in [-0.1, -0.05) is 0 Å². The van der Waals surface area contributed by atoms with Crippen molar-refractivity contribution in [2.75, 3.05) is 26.2 Å². The van der Waals surface area contributed by atoms with Crippen LogP contribution in [0.4, 0.5) is 0 Å². The van der Waals surface area contributed by atoms with E-state index in [0.717, 1.165) is 26.2 Å². The van der Waals surface area contributed by atoms with Crippen LogP contribution in [0.3, 0.4) is 0 Å². The van der Waals surface area contributed by atoms with Crippen molar-refractivity contribution >= 4 is 5.84 Å². The highest BCUT2D eigenvalue weighted by atomic mass is 15.1. The molecular formula is C7H13N3. The Hall–Kier alpha value is -0.570. The van der Waals surface area contributed by atoms with E-state index in [2.05, 4.69) is 15.6 Å². The van der Waals surface area contributed by atoms with E-state index in [1.54, 1.807) is 0 Å². The molecule has 0 aromatic rings. The molecule has 1 saturated heterocycles. The quantitative estimate of drug-likeness (QED) is 0.518. The van der Waals surface area contributed by atoms with Crippen LogP contribution >= 0.6 is 0 Å². The third-order valence-electron chi connectivity index (χ3n) is 2.15. The van der Waals surface area contributed by atoms with Crippen molar-refractivity contribution in [3.63, 3.8) is 0 Å². The molecule has 10 heavy (non-hydrogen) atoms. The summed E-state index contributed by atoms with van der Waals surface area (Å²) in [5.74, 6) is 1.92. The third-order valence-corrected chi connectivity index (χ3v) is 2.15. The van der Waals surface area contributed by atoms with Gasteiger partial charge < -0.3 is 10.6 Å². The zero-order valence-corrected chi connectivity index (χ0v) is 6.06. The summed E-state index contributed by atoms with van der Waals surface area (Å²) in [5, 5.41) is 6.64. The first kappa shape index (κ1) is 6.16. The van der Waals surface area contributed by atoms with E-state index in [4.69, 9.17) is 0 Å². The fourth-order valence-electron chi connectivity index (χ4n) is 1.58. The molecule has 1 unspecified atom stereocenters. The molecule has 2 N–H and O–H groups in total. The van der Waals surface area contributed by atoms with E-state index >= 15 is 0 Å². The molecule has 1 atom stereocenters. The molecule has 2 aliphatic rings. The minimum Gasteiger partial charge on any atom is -0.372 e. The fourth-order valence-corrected chi connectivity index (χ4v) is 1.58. The van der Waals surface area contributed by atoms with Crippen LogP contribution in [0.1, 0.15) is 6.42 Å². The Kier molecular flexibility index (Phi) is 1.59. The summed E-state index contributed by atoms with van der Waals surface area (Å²) in [5.41, 5.74) is 0. The van der Waals surface area contributed by atoms with Gasteiger partial charge in [0.1, 0.15) is 5.84 Å². The molecule has 0 radical (unpaired) electrons. The van der Waals surface area contributed by atoms with Crippen molar-refractivity contribution in [1.82, 2.24) is 10.6 Å². The molecule has 0 bridgehead atoms. The zero-order chi connectivity index (χ0) is 6.81. The first-order valence-electron chi connectivity index (χ1n) is 3.96. The van der Waals surface area contributed by atoms with E-state index in [1.165, 1.54) is 12.3 Å². The second-order valence-corrected chi connectivity index (χ2v) is 2.88. The number of nitrogens with zero attached hydrogens (tertiary/aromatic N) is 1. The molecule has 2 rings (SSSR count). The Morgan fingerprint density at radius 1 is 1.40 bits per heavy atom. The van der Waals surface area contributed by atoms with Gasteiger partial charge in [0.25, 0.3) is 0 Å². The lowest BCUT2D eigenvalue weighted by Gasteiger charge is -2.07. The summed E-state index contributed by atoms with van der Waals surface area (Å²) in [7, 11) is 0. The standard InChI is InChI=1S/C7H13N3/c1-2-8-5-6(1)7-9-3-4-10-7/h6,8H,1-5H2,(H,9,10). The summed E-state index contributed by atoms with van der Waals surface area (Å²) in [6.07, 6.45) is 1.26. The van der Waals surface area contributed by atoms with Crippen LogP contribution in [0.2, 0.25) is 0 Å². The normalized spacial score (nSPS) is 32.0. The maximum absolute atomic E-state index is 4.38. The van der Waals surface area contributed by atoms with Gasteiger partial charge in [0, 0.05) is 19.0 Å². The largest absolute Gasteiger partial charge is 0.372 e. The highest BCUT2D eigenvalue weighted by Crippen LogP contribution is 2.09. The van der Waals surface area contributed by atoms with Gasteiger partial charge in [-0.15, -0.1) is 0 Å². The van der Waals surface area contributed by atoms with Crippen molar-refractivity contribution in [2.24, 2.45) is 10.9 Å². The molecule has 0 aromatic heterocycles. The highest BCUT2D eigenvalue weighted by Gasteiger charge is 2.21. The monoisotopic (exact) mass is 139 g/mol. The van der Waals surface area contributed by atoms with Crippen LogP contribution in [0, 0.1) is 5.92 Å². The van der Waals surface area contributed by atoms with Crippen LogP contribution in [0.15, 0.2) is 4.99 Å². The van der Waals surface area contributed by atoms with Crippen molar-refractivity contribution in [1.29, 1.82) is 0 Å². The van der Waals surface area contributed by atoms with E-state index in [-0.39, 0.29) is 0 Å². The van der Waals surface area contributed by atoms with Crippen molar-refractivity contribution in [3.8, 4) is 0 Å². The minimum absolute atomic E-state index is 0.683. The van der Waals surface area contributed by atoms with Crippen molar-refractivity contribution < 1.29 is 0 Å². The molecule has 0 amide bonds. The van der Waals surface area contributed by atoms with Gasteiger partial charge in [-0.05, 0) is 13.0 Å². The first-order valence-corrected chi connectivity index (χ1v) is 3.96. The number of hydrogen-bond donors (Lipinski definition) is 2. The number of hydrogen-bond acceptors (Lipinski definition) is 3. The van der Waals surface area contributed by atoms with Crippen LogP contribution in [0.25, 0.3) is 0 Å². The predicted octanol–water partition coefficient (Wildman–Crippen LogP) is -0.402. The second-order valence-electron chi connectivity index (χ2n) is 2.88. The lowest BCUT2D eigenvalue weighted by molar-refractivity contribution is 0.747.